The van der Waals surface area contributed by atoms with Crippen LogP contribution in [-0.4, -0.2) is 17.0 Å². The first-order valence-corrected chi connectivity index (χ1v) is 6.72. The van der Waals surface area contributed by atoms with Crippen molar-refractivity contribution >= 4 is 17.6 Å². The minimum absolute atomic E-state index is 0.142. The molecule has 0 atom stereocenters. The van der Waals surface area contributed by atoms with Crippen molar-refractivity contribution in [3.05, 3.63) is 65.2 Å². The molecule has 2 rings (SSSR count). The van der Waals surface area contributed by atoms with Crippen LogP contribution in [0.15, 0.2) is 48.5 Å². The van der Waals surface area contributed by atoms with Crippen molar-refractivity contribution in [2.75, 3.05) is 5.32 Å². The lowest BCUT2D eigenvalue weighted by molar-refractivity contribution is 0.0696. The normalized spacial score (nSPS) is 10.4. The number of anilines is 1. The zero-order chi connectivity index (χ0) is 15.4. The van der Waals surface area contributed by atoms with Gasteiger partial charge in [0.25, 0.3) is 5.91 Å². The largest absolute Gasteiger partial charge is 0.478 e. The molecule has 0 aliphatic rings. The second-order valence-electron chi connectivity index (χ2n) is 5.12. The van der Waals surface area contributed by atoms with Gasteiger partial charge in [-0.15, -0.1) is 0 Å². The van der Waals surface area contributed by atoms with Crippen molar-refractivity contribution in [1.82, 2.24) is 0 Å². The number of hydrogen-bond acceptors (Lipinski definition) is 2. The SMILES string of the molecule is CC(C)c1ccc(C(=O)Nc2cccc(C(=O)O)c2)cc1. The van der Waals surface area contributed by atoms with Gasteiger partial charge in [-0.25, -0.2) is 4.79 Å². The van der Waals surface area contributed by atoms with Crippen LogP contribution in [0.5, 0.6) is 0 Å². The highest BCUT2D eigenvalue weighted by atomic mass is 16.4. The first-order chi connectivity index (χ1) is 9.97. The summed E-state index contributed by atoms with van der Waals surface area (Å²) in [6.07, 6.45) is 0. The smallest absolute Gasteiger partial charge is 0.335 e. The molecule has 0 unspecified atom stereocenters. The molecule has 0 radical (unpaired) electrons. The molecule has 0 aliphatic heterocycles. The Labute approximate surface area is 123 Å². The maximum Gasteiger partial charge on any atom is 0.335 e. The molecule has 21 heavy (non-hydrogen) atoms. The third kappa shape index (κ3) is 3.69. The van der Waals surface area contributed by atoms with E-state index in [0.29, 0.717) is 17.2 Å². The van der Waals surface area contributed by atoms with E-state index in [1.165, 1.54) is 17.7 Å². The van der Waals surface area contributed by atoms with Crippen LogP contribution in [0.4, 0.5) is 5.69 Å². The highest BCUT2D eigenvalue weighted by Crippen LogP contribution is 2.16. The van der Waals surface area contributed by atoms with Crippen LogP contribution in [0, 0.1) is 0 Å². The zero-order valence-electron chi connectivity index (χ0n) is 12.0. The van der Waals surface area contributed by atoms with Gasteiger partial charge >= 0.3 is 5.97 Å². The molecule has 4 nitrogen and oxygen atoms in total. The van der Waals surface area contributed by atoms with Crippen molar-refractivity contribution in [1.29, 1.82) is 0 Å². The Balaban J connectivity index is 2.14. The van der Waals surface area contributed by atoms with Crippen molar-refractivity contribution in [2.45, 2.75) is 19.8 Å². The number of carboxylic acid groups (broad SMARTS) is 1. The molecule has 2 N–H and O–H groups in total. The van der Waals surface area contributed by atoms with Crippen LogP contribution < -0.4 is 5.32 Å². The van der Waals surface area contributed by atoms with E-state index in [4.69, 9.17) is 5.11 Å². The van der Waals surface area contributed by atoms with Gasteiger partial charge in [0.1, 0.15) is 0 Å². The summed E-state index contributed by atoms with van der Waals surface area (Å²) in [5.41, 5.74) is 2.32. The molecule has 0 bridgehead atoms. The maximum absolute atomic E-state index is 12.1. The third-order valence-corrected chi connectivity index (χ3v) is 3.21. The van der Waals surface area contributed by atoms with E-state index < -0.39 is 5.97 Å². The Hall–Kier alpha value is -2.62. The van der Waals surface area contributed by atoms with Crippen LogP contribution in [-0.2, 0) is 0 Å². The number of amides is 1. The maximum atomic E-state index is 12.1. The van der Waals surface area contributed by atoms with Crippen LogP contribution >= 0.6 is 0 Å². The Morgan fingerprint density at radius 1 is 1.00 bits per heavy atom. The summed E-state index contributed by atoms with van der Waals surface area (Å²) >= 11 is 0. The number of nitrogens with one attached hydrogen (secondary N) is 1. The summed E-state index contributed by atoms with van der Waals surface area (Å²) in [4.78, 5) is 23.0. The summed E-state index contributed by atoms with van der Waals surface area (Å²) in [6.45, 7) is 4.18. The molecule has 1 amide bonds. The molecule has 0 heterocycles. The molecule has 0 fully saturated rings. The van der Waals surface area contributed by atoms with Gasteiger partial charge in [-0.05, 0) is 41.8 Å². The molecule has 108 valence electrons. The first-order valence-electron chi connectivity index (χ1n) is 6.72. The summed E-state index contributed by atoms with van der Waals surface area (Å²) in [5.74, 6) is -0.866. The summed E-state index contributed by atoms with van der Waals surface area (Å²) in [6, 6.07) is 13.6. The highest BCUT2D eigenvalue weighted by molar-refractivity contribution is 6.04. The second-order valence-corrected chi connectivity index (χ2v) is 5.12. The predicted octanol–water partition coefficient (Wildman–Crippen LogP) is 3.76. The van der Waals surface area contributed by atoms with Gasteiger partial charge in [-0.2, -0.15) is 0 Å². The van der Waals surface area contributed by atoms with E-state index in [1.54, 1.807) is 24.3 Å². The van der Waals surface area contributed by atoms with E-state index in [0.717, 1.165) is 0 Å². The Morgan fingerprint density at radius 3 is 2.24 bits per heavy atom. The topological polar surface area (TPSA) is 66.4 Å². The minimum Gasteiger partial charge on any atom is -0.478 e. The molecule has 0 saturated carbocycles. The molecule has 4 heteroatoms. The quantitative estimate of drug-likeness (QED) is 0.897. The molecular formula is C17H17NO3. The van der Waals surface area contributed by atoms with Gasteiger partial charge in [0.15, 0.2) is 0 Å². The molecular weight excluding hydrogens is 266 g/mol. The van der Waals surface area contributed by atoms with Crippen LogP contribution in [0.3, 0.4) is 0 Å². The fourth-order valence-electron chi connectivity index (χ4n) is 1.95. The van der Waals surface area contributed by atoms with Crippen LogP contribution in [0.2, 0.25) is 0 Å². The first kappa shape index (κ1) is 14.8. The van der Waals surface area contributed by atoms with Gasteiger partial charge in [-0.1, -0.05) is 32.0 Å². The molecule has 0 saturated heterocycles. The molecule has 2 aromatic rings. The number of carbonyl (C=O) groups is 2. The number of benzene rings is 2. The number of hydrogen-bond donors (Lipinski definition) is 2. The second kappa shape index (κ2) is 6.22. The van der Waals surface area contributed by atoms with Crippen molar-refractivity contribution in [2.24, 2.45) is 0 Å². The number of rotatable bonds is 4. The number of carboxylic acids is 1. The van der Waals surface area contributed by atoms with E-state index in [2.05, 4.69) is 19.2 Å². The standard InChI is InChI=1S/C17H17NO3/c1-11(2)12-6-8-13(9-7-12)16(19)18-15-5-3-4-14(10-15)17(20)21/h3-11H,1-2H3,(H,18,19)(H,20,21). The van der Waals surface area contributed by atoms with E-state index in [9.17, 15) is 9.59 Å². The lowest BCUT2D eigenvalue weighted by Crippen LogP contribution is -2.12. The fraction of sp³-hybridized carbons (Fsp3) is 0.176. The summed E-state index contributed by atoms with van der Waals surface area (Å²) < 4.78 is 0. The Morgan fingerprint density at radius 2 is 1.67 bits per heavy atom. The van der Waals surface area contributed by atoms with Gasteiger partial charge in [-0.3, -0.25) is 4.79 Å². The van der Waals surface area contributed by atoms with Gasteiger partial charge in [0, 0.05) is 11.3 Å². The van der Waals surface area contributed by atoms with E-state index in [-0.39, 0.29) is 11.5 Å². The van der Waals surface area contributed by atoms with Crippen molar-refractivity contribution in [3.8, 4) is 0 Å². The lowest BCUT2D eigenvalue weighted by atomic mass is 10.0. The summed E-state index contributed by atoms with van der Waals surface area (Å²) in [5, 5.41) is 11.6. The Bertz CT molecular complexity index is 660. The molecule has 0 aliphatic carbocycles. The van der Waals surface area contributed by atoms with Crippen molar-refractivity contribution < 1.29 is 14.7 Å². The van der Waals surface area contributed by atoms with Gasteiger partial charge in [0.2, 0.25) is 0 Å². The summed E-state index contributed by atoms with van der Waals surface area (Å²) in [7, 11) is 0. The van der Waals surface area contributed by atoms with E-state index in [1.807, 2.05) is 12.1 Å². The molecule has 2 aromatic carbocycles. The minimum atomic E-state index is -1.02. The lowest BCUT2D eigenvalue weighted by Gasteiger charge is -2.08. The fourth-order valence-corrected chi connectivity index (χ4v) is 1.95. The van der Waals surface area contributed by atoms with Crippen molar-refractivity contribution in [3.63, 3.8) is 0 Å². The van der Waals surface area contributed by atoms with Crippen LogP contribution in [0.1, 0.15) is 46.0 Å². The monoisotopic (exact) mass is 283 g/mol. The predicted molar refractivity (Wildman–Crippen MR) is 81.9 cm³/mol. The highest BCUT2D eigenvalue weighted by Gasteiger charge is 2.09. The third-order valence-electron chi connectivity index (χ3n) is 3.21. The molecule has 0 aromatic heterocycles. The number of aromatic carboxylic acids is 1. The average molecular weight is 283 g/mol. The average Bonchev–Trinajstić information content (AvgIpc) is 2.47. The Kier molecular flexibility index (Phi) is 4.38. The van der Waals surface area contributed by atoms with E-state index >= 15 is 0 Å². The van der Waals surface area contributed by atoms with Gasteiger partial charge in [0.05, 0.1) is 5.56 Å². The molecule has 0 spiro atoms. The van der Waals surface area contributed by atoms with Crippen LogP contribution in [0.25, 0.3) is 0 Å². The zero-order valence-corrected chi connectivity index (χ0v) is 12.0. The number of carbonyl (C=O) groups excluding carboxylic acids is 1. The van der Waals surface area contributed by atoms with Gasteiger partial charge < -0.3 is 10.4 Å².